The predicted octanol–water partition coefficient (Wildman–Crippen LogP) is 2.97. The Kier molecular flexibility index (Phi) is 5.51. The normalized spacial score (nSPS) is 22.2. The van der Waals surface area contributed by atoms with Crippen LogP contribution >= 0.6 is 0 Å². The van der Waals surface area contributed by atoms with Gasteiger partial charge in [-0.05, 0) is 73.2 Å². The second kappa shape index (κ2) is 8.47. The number of carbonyl (C=O) groups excluding carboxylic acids is 3. The first-order valence-electron chi connectivity index (χ1n) is 11.2. The lowest BCUT2D eigenvalue weighted by Gasteiger charge is -2.32. The first-order chi connectivity index (χ1) is 15.5. The summed E-state index contributed by atoms with van der Waals surface area (Å²) in [4.78, 5) is 40.5. The number of hydrogen-bond acceptors (Lipinski definition) is 4. The quantitative estimate of drug-likeness (QED) is 0.750. The van der Waals surface area contributed by atoms with Crippen LogP contribution in [-0.2, 0) is 22.7 Å². The Morgan fingerprint density at radius 1 is 0.969 bits per heavy atom. The van der Waals surface area contributed by atoms with E-state index in [4.69, 9.17) is 0 Å². The number of likely N-dealkylation sites (tertiary alicyclic amines) is 1. The molecule has 6 nitrogen and oxygen atoms in total. The van der Waals surface area contributed by atoms with Gasteiger partial charge in [-0.25, -0.2) is 4.39 Å². The van der Waals surface area contributed by atoms with Crippen LogP contribution in [0.25, 0.3) is 0 Å². The summed E-state index contributed by atoms with van der Waals surface area (Å²) in [6.45, 7) is 3.16. The molecule has 3 aliphatic rings. The third-order valence-corrected chi connectivity index (χ3v) is 6.92. The van der Waals surface area contributed by atoms with Crippen LogP contribution in [0.5, 0.6) is 0 Å². The Morgan fingerprint density at radius 2 is 1.72 bits per heavy atom. The molecule has 3 heterocycles. The Labute approximate surface area is 186 Å². The molecule has 2 aromatic carbocycles. The fourth-order valence-corrected chi connectivity index (χ4v) is 5.14. The highest BCUT2D eigenvalue weighted by Crippen LogP contribution is 2.31. The van der Waals surface area contributed by atoms with Crippen molar-refractivity contribution in [2.45, 2.75) is 50.7 Å². The molecule has 0 aliphatic carbocycles. The molecule has 1 atom stereocenters. The van der Waals surface area contributed by atoms with E-state index in [0.29, 0.717) is 24.4 Å². The summed E-state index contributed by atoms with van der Waals surface area (Å²) >= 11 is 0. The number of nitrogens with zero attached hydrogens (tertiary/aromatic N) is 2. The minimum atomic E-state index is -0.582. The van der Waals surface area contributed by atoms with Gasteiger partial charge in [0.25, 0.3) is 5.91 Å². The number of fused-ring (bicyclic) bond motifs is 1. The highest BCUT2D eigenvalue weighted by atomic mass is 19.1. The van der Waals surface area contributed by atoms with E-state index < -0.39 is 6.04 Å². The lowest BCUT2D eigenvalue weighted by atomic mass is 9.89. The SMILES string of the molecule is O=C1CCC(N2Cc3cc(CN4CCC(c5ccc(F)cc5)CC4)ccc3C2=O)C(=O)N1. The van der Waals surface area contributed by atoms with Crippen LogP contribution in [0.1, 0.15) is 58.6 Å². The van der Waals surface area contributed by atoms with Crippen LogP contribution in [0.4, 0.5) is 4.39 Å². The molecule has 1 N–H and O–H groups in total. The van der Waals surface area contributed by atoms with Gasteiger partial charge in [0.1, 0.15) is 11.9 Å². The van der Waals surface area contributed by atoms with E-state index in [0.717, 1.165) is 43.6 Å². The maximum absolute atomic E-state index is 13.2. The van der Waals surface area contributed by atoms with Gasteiger partial charge in [-0.3, -0.25) is 24.6 Å². The van der Waals surface area contributed by atoms with Crippen LogP contribution in [0.3, 0.4) is 0 Å². The molecule has 2 saturated heterocycles. The molecule has 1 unspecified atom stereocenters. The summed E-state index contributed by atoms with van der Waals surface area (Å²) < 4.78 is 13.2. The van der Waals surface area contributed by atoms with Gasteiger partial charge in [0.2, 0.25) is 11.8 Å². The second-order valence-electron chi connectivity index (χ2n) is 8.99. The molecular formula is C25H26FN3O3. The zero-order valence-electron chi connectivity index (χ0n) is 17.9. The summed E-state index contributed by atoms with van der Waals surface area (Å²) in [6.07, 6.45) is 2.71. The van der Waals surface area contributed by atoms with E-state index in [9.17, 15) is 18.8 Å². The van der Waals surface area contributed by atoms with Crippen molar-refractivity contribution in [3.8, 4) is 0 Å². The van der Waals surface area contributed by atoms with Crippen molar-refractivity contribution in [1.82, 2.24) is 15.1 Å². The molecule has 32 heavy (non-hydrogen) atoms. The predicted molar refractivity (Wildman–Crippen MR) is 116 cm³/mol. The fraction of sp³-hybridized carbons (Fsp3) is 0.400. The first-order valence-corrected chi connectivity index (χ1v) is 11.2. The van der Waals surface area contributed by atoms with Crippen LogP contribution in [0, 0.1) is 5.82 Å². The van der Waals surface area contributed by atoms with Gasteiger partial charge in [0.05, 0.1) is 0 Å². The van der Waals surface area contributed by atoms with Crippen LogP contribution < -0.4 is 5.32 Å². The van der Waals surface area contributed by atoms with Crippen LogP contribution in [-0.4, -0.2) is 46.7 Å². The molecule has 5 rings (SSSR count). The Bertz CT molecular complexity index is 1060. The van der Waals surface area contributed by atoms with Gasteiger partial charge in [-0.1, -0.05) is 24.3 Å². The second-order valence-corrected chi connectivity index (χ2v) is 8.99. The lowest BCUT2D eigenvalue weighted by Crippen LogP contribution is -2.52. The standard InChI is InChI=1S/C25H26FN3O3/c26-20-4-2-17(3-5-20)18-9-11-28(12-10-18)14-16-1-6-21-19(13-16)15-29(25(21)32)22-7-8-23(30)27-24(22)31/h1-6,13,18,22H,7-12,14-15H2,(H,27,30,31). The number of piperidine rings is 2. The molecule has 2 fully saturated rings. The number of carbonyl (C=O) groups is 3. The van der Waals surface area contributed by atoms with E-state index in [1.807, 2.05) is 24.3 Å². The maximum Gasteiger partial charge on any atom is 0.255 e. The van der Waals surface area contributed by atoms with E-state index in [1.54, 1.807) is 4.90 Å². The van der Waals surface area contributed by atoms with Crippen LogP contribution in [0.2, 0.25) is 0 Å². The highest BCUT2D eigenvalue weighted by molar-refractivity contribution is 6.05. The average molecular weight is 435 g/mol. The molecule has 0 spiro atoms. The summed E-state index contributed by atoms with van der Waals surface area (Å²) in [5.74, 6) is -0.530. The number of amides is 3. The third kappa shape index (κ3) is 4.05. The number of imide groups is 1. The van der Waals surface area contributed by atoms with Crippen molar-refractivity contribution < 1.29 is 18.8 Å². The molecule has 0 saturated carbocycles. The number of halogens is 1. The van der Waals surface area contributed by atoms with E-state index in [2.05, 4.69) is 16.3 Å². The van der Waals surface area contributed by atoms with Crippen LogP contribution in [0.15, 0.2) is 42.5 Å². The molecule has 7 heteroatoms. The first kappa shape index (κ1) is 20.8. The molecule has 166 valence electrons. The maximum atomic E-state index is 13.2. The Balaban J connectivity index is 1.21. The van der Waals surface area contributed by atoms with Gasteiger partial charge in [-0.15, -0.1) is 0 Å². The molecule has 0 aromatic heterocycles. The highest BCUT2D eigenvalue weighted by Gasteiger charge is 2.39. The Hall–Kier alpha value is -3.06. The fourth-order valence-electron chi connectivity index (χ4n) is 5.14. The van der Waals surface area contributed by atoms with Crippen molar-refractivity contribution in [1.29, 1.82) is 0 Å². The van der Waals surface area contributed by atoms with E-state index in [1.165, 1.54) is 17.7 Å². The van der Waals surface area contributed by atoms with Crippen molar-refractivity contribution in [2.75, 3.05) is 13.1 Å². The summed E-state index contributed by atoms with van der Waals surface area (Å²) in [5, 5.41) is 2.34. The zero-order chi connectivity index (χ0) is 22.2. The minimum absolute atomic E-state index is 0.138. The average Bonchev–Trinajstić information content (AvgIpc) is 3.10. The molecule has 3 aliphatic heterocycles. The largest absolute Gasteiger partial charge is 0.322 e. The van der Waals surface area contributed by atoms with Gasteiger partial charge < -0.3 is 4.90 Å². The smallest absolute Gasteiger partial charge is 0.255 e. The van der Waals surface area contributed by atoms with Gasteiger partial charge in [0, 0.05) is 25.1 Å². The summed E-state index contributed by atoms with van der Waals surface area (Å²) in [5.41, 5.74) is 3.95. The van der Waals surface area contributed by atoms with Gasteiger partial charge in [0.15, 0.2) is 0 Å². The number of nitrogens with one attached hydrogen (secondary N) is 1. The summed E-state index contributed by atoms with van der Waals surface area (Å²) in [6, 6.07) is 12.2. The molecular weight excluding hydrogens is 409 g/mol. The van der Waals surface area contributed by atoms with Crippen molar-refractivity contribution in [3.05, 3.63) is 70.5 Å². The van der Waals surface area contributed by atoms with Gasteiger partial charge in [-0.2, -0.15) is 0 Å². The third-order valence-electron chi connectivity index (χ3n) is 6.92. The zero-order valence-corrected chi connectivity index (χ0v) is 17.9. The number of benzene rings is 2. The van der Waals surface area contributed by atoms with E-state index >= 15 is 0 Å². The Morgan fingerprint density at radius 3 is 2.44 bits per heavy atom. The minimum Gasteiger partial charge on any atom is -0.322 e. The van der Waals surface area contributed by atoms with Crippen molar-refractivity contribution in [2.24, 2.45) is 0 Å². The van der Waals surface area contributed by atoms with Crippen molar-refractivity contribution >= 4 is 17.7 Å². The molecule has 3 amide bonds. The molecule has 0 bridgehead atoms. The van der Waals surface area contributed by atoms with Gasteiger partial charge >= 0.3 is 0 Å². The molecule has 2 aromatic rings. The number of rotatable bonds is 4. The topological polar surface area (TPSA) is 69.7 Å². The van der Waals surface area contributed by atoms with Crippen molar-refractivity contribution in [3.63, 3.8) is 0 Å². The molecule has 0 radical (unpaired) electrons. The van der Waals surface area contributed by atoms with E-state index in [-0.39, 0.29) is 30.0 Å². The summed E-state index contributed by atoms with van der Waals surface area (Å²) in [7, 11) is 0. The lowest BCUT2D eigenvalue weighted by molar-refractivity contribution is -0.136. The monoisotopic (exact) mass is 435 g/mol. The number of hydrogen-bond donors (Lipinski definition) is 1.